The van der Waals surface area contributed by atoms with Crippen molar-refractivity contribution >= 4 is 29.1 Å². The van der Waals surface area contributed by atoms with Crippen LogP contribution in [-0.4, -0.2) is 41.2 Å². The fourth-order valence-electron chi connectivity index (χ4n) is 2.99. The van der Waals surface area contributed by atoms with Gasteiger partial charge in [0.15, 0.2) is 0 Å². The van der Waals surface area contributed by atoms with Crippen molar-refractivity contribution in [2.24, 2.45) is 0 Å². The van der Waals surface area contributed by atoms with E-state index in [1.54, 1.807) is 47.4 Å². The van der Waals surface area contributed by atoms with Gasteiger partial charge in [-0.05, 0) is 56.3 Å². The Morgan fingerprint density at radius 3 is 2.60 bits per heavy atom. The van der Waals surface area contributed by atoms with E-state index >= 15 is 0 Å². The largest absolute Gasteiger partial charge is 0.345 e. The van der Waals surface area contributed by atoms with E-state index in [-0.39, 0.29) is 18.4 Å². The van der Waals surface area contributed by atoms with Gasteiger partial charge in [0.2, 0.25) is 11.8 Å². The van der Waals surface area contributed by atoms with Gasteiger partial charge < -0.3 is 16.0 Å². The fraction of sp³-hybridized carbons (Fsp3) is 0.353. The molecule has 0 atom stereocenters. The summed E-state index contributed by atoms with van der Waals surface area (Å²) in [5.41, 5.74) is -0.123. The van der Waals surface area contributed by atoms with Gasteiger partial charge in [-0.3, -0.25) is 14.3 Å². The van der Waals surface area contributed by atoms with Gasteiger partial charge >= 0.3 is 0 Å². The molecule has 1 aliphatic heterocycles. The SMILES string of the molecule is O=C(CNC(=O)C1(n2cccn2)CCNCC1)Nc1ccc(Cl)cc1. The summed E-state index contributed by atoms with van der Waals surface area (Å²) >= 11 is 5.82. The van der Waals surface area contributed by atoms with E-state index in [2.05, 4.69) is 21.0 Å². The Balaban J connectivity index is 1.62. The third kappa shape index (κ3) is 4.00. The maximum Gasteiger partial charge on any atom is 0.248 e. The van der Waals surface area contributed by atoms with Gasteiger partial charge in [-0.1, -0.05) is 11.6 Å². The smallest absolute Gasteiger partial charge is 0.248 e. The highest BCUT2D eigenvalue weighted by Crippen LogP contribution is 2.27. The standard InChI is InChI=1S/C17H20ClN5O2/c18-13-2-4-14(5-3-13)22-15(24)12-20-16(25)17(6-9-19-10-7-17)23-11-1-8-21-23/h1-5,8,11,19H,6-7,9-10,12H2,(H,20,25)(H,22,24). The topological polar surface area (TPSA) is 88.0 Å². The van der Waals surface area contributed by atoms with Crippen molar-refractivity contribution in [2.45, 2.75) is 18.4 Å². The van der Waals surface area contributed by atoms with Crippen molar-refractivity contribution in [3.05, 3.63) is 47.7 Å². The molecule has 0 saturated carbocycles. The summed E-state index contributed by atoms with van der Waals surface area (Å²) in [4.78, 5) is 24.9. The van der Waals surface area contributed by atoms with Crippen LogP contribution < -0.4 is 16.0 Å². The molecule has 1 aliphatic rings. The molecule has 2 heterocycles. The fourth-order valence-corrected chi connectivity index (χ4v) is 3.11. The summed E-state index contributed by atoms with van der Waals surface area (Å²) in [5.74, 6) is -0.482. The van der Waals surface area contributed by atoms with Crippen LogP contribution in [0.5, 0.6) is 0 Å². The first-order valence-electron chi connectivity index (χ1n) is 8.15. The second-order valence-electron chi connectivity index (χ2n) is 5.97. The minimum absolute atomic E-state index is 0.0993. The van der Waals surface area contributed by atoms with Gasteiger partial charge in [0.05, 0.1) is 6.54 Å². The van der Waals surface area contributed by atoms with Crippen molar-refractivity contribution in [3.8, 4) is 0 Å². The molecule has 2 aromatic rings. The molecule has 0 unspecified atom stereocenters. The maximum absolute atomic E-state index is 12.8. The molecule has 1 saturated heterocycles. The lowest BCUT2D eigenvalue weighted by atomic mass is 9.87. The molecule has 3 N–H and O–H groups in total. The van der Waals surface area contributed by atoms with E-state index < -0.39 is 5.54 Å². The zero-order chi connectivity index (χ0) is 17.7. The lowest BCUT2D eigenvalue weighted by Gasteiger charge is -2.36. The predicted molar refractivity (Wildman–Crippen MR) is 95.4 cm³/mol. The first-order chi connectivity index (χ1) is 12.1. The Labute approximate surface area is 150 Å². The van der Waals surface area contributed by atoms with E-state index in [0.29, 0.717) is 23.6 Å². The number of anilines is 1. The second kappa shape index (κ2) is 7.67. The van der Waals surface area contributed by atoms with E-state index in [4.69, 9.17) is 11.6 Å². The van der Waals surface area contributed by atoms with Crippen LogP contribution in [0.3, 0.4) is 0 Å². The van der Waals surface area contributed by atoms with Crippen LogP contribution in [0.1, 0.15) is 12.8 Å². The average Bonchev–Trinajstić information content (AvgIpc) is 3.17. The van der Waals surface area contributed by atoms with Gasteiger partial charge in [0, 0.05) is 23.1 Å². The number of piperidine rings is 1. The Morgan fingerprint density at radius 2 is 1.96 bits per heavy atom. The average molecular weight is 362 g/mol. The van der Waals surface area contributed by atoms with Gasteiger partial charge in [-0.25, -0.2) is 0 Å². The molecule has 25 heavy (non-hydrogen) atoms. The first kappa shape index (κ1) is 17.4. The number of benzene rings is 1. The number of hydrogen-bond acceptors (Lipinski definition) is 4. The number of hydrogen-bond donors (Lipinski definition) is 3. The number of rotatable bonds is 5. The normalized spacial score (nSPS) is 16.2. The van der Waals surface area contributed by atoms with Crippen LogP contribution in [0.15, 0.2) is 42.7 Å². The van der Waals surface area contributed by atoms with E-state index in [0.717, 1.165) is 13.1 Å². The molecule has 1 aromatic heterocycles. The summed E-state index contributed by atoms with van der Waals surface area (Å²) in [6.07, 6.45) is 4.70. The first-order valence-corrected chi connectivity index (χ1v) is 8.52. The predicted octanol–water partition coefficient (Wildman–Crippen LogP) is 1.37. The van der Waals surface area contributed by atoms with Crippen molar-refractivity contribution < 1.29 is 9.59 Å². The number of nitrogens with one attached hydrogen (secondary N) is 3. The highest BCUT2D eigenvalue weighted by atomic mass is 35.5. The Morgan fingerprint density at radius 1 is 1.24 bits per heavy atom. The summed E-state index contributed by atoms with van der Waals surface area (Å²) in [6.45, 7) is 1.35. The van der Waals surface area contributed by atoms with Crippen LogP contribution in [0.25, 0.3) is 0 Å². The third-order valence-electron chi connectivity index (χ3n) is 4.33. The van der Waals surface area contributed by atoms with Crippen molar-refractivity contribution in [3.63, 3.8) is 0 Å². The molecule has 0 aliphatic carbocycles. The zero-order valence-electron chi connectivity index (χ0n) is 13.7. The van der Waals surface area contributed by atoms with Crippen LogP contribution in [0.4, 0.5) is 5.69 Å². The molecule has 1 aromatic carbocycles. The van der Waals surface area contributed by atoms with E-state index in [9.17, 15) is 9.59 Å². The van der Waals surface area contributed by atoms with Gasteiger partial charge in [-0.2, -0.15) is 5.10 Å². The number of carbonyl (C=O) groups excluding carboxylic acids is 2. The van der Waals surface area contributed by atoms with Crippen LogP contribution in [-0.2, 0) is 15.1 Å². The maximum atomic E-state index is 12.8. The monoisotopic (exact) mass is 361 g/mol. The Kier molecular flexibility index (Phi) is 5.35. The lowest BCUT2D eigenvalue weighted by molar-refractivity contribution is -0.133. The molecule has 7 nitrogen and oxygen atoms in total. The number of nitrogens with zero attached hydrogens (tertiary/aromatic N) is 2. The van der Waals surface area contributed by atoms with E-state index in [1.165, 1.54) is 0 Å². The molecular weight excluding hydrogens is 342 g/mol. The molecule has 1 fully saturated rings. The molecule has 0 bridgehead atoms. The zero-order valence-corrected chi connectivity index (χ0v) is 14.4. The summed E-state index contributed by atoms with van der Waals surface area (Å²) in [5, 5.41) is 13.6. The van der Waals surface area contributed by atoms with Gasteiger partial charge in [0.25, 0.3) is 0 Å². The Hall–Kier alpha value is -2.38. The quantitative estimate of drug-likeness (QED) is 0.750. The molecule has 8 heteroatoms. The number of aromatic nitrogens is 2. The van der Waals surface area contributed by atoms with Crippen molar-refractivity contribution in [1.82, 2.24) is 20.4 Å². The van der Waals surface area contributed by atoms with E-state index in [1.807, 2.05) is 0 Å². The third-order valence-corrected chi connectivity index (χ3v) is 4.59. The van der Waals surface area contributed by atoms with Crippen LogP contribution in [0, 0.1) is 0 Å². The Bertz CT molecular complexity index is 724. The lowest BCUT2D eigenvalue weighted by Crippen LogP contribution is -2.55. The molecular formula is C17H20ClN5O2. The summed E-state index contributed by atoms with van der Waals surface area (Å²) < 4.78 is 1.69. The minimum Gasteiger partial charge on any atom is -0.345 e. The molecule has 0 spiro atoms. The van der Waals surface area contributed by atoms with Crippen molar-refractivity contribution in [1.29, 1.82) is 0 Å². The molecule has 132 valence electrons. The second-order valence-corrected chi connectivity index (χ2v) is 6.41. The van der Waals surface area contributed by atoms with Gasteiger partial charge in [-0.15, -0.1) is 0 Å². The number of amides is 2. The number of carbonyl (C=O) groups is 2. The summed E-state index contributed by atoms with van der Waals surface area (Å²) in [6, 6.07) is 8.60. The van der Waals surface area contributed by atoms with Crippen LogP contribution >= 0.6 is 11.6 Å². The minimum atomic E-state index is -0.755. The number of halogens is 1. The molecule has 3 rings (SSSR count). The molecule has 0 radical (unpaired) electrons. The van der Waals surface area contributed by atoms with Crippen LogP contribution in [0.2, 0.25) is 5.02 Å². The highest BCUT2D eigenvalue weighted by Gasteiger charge is 2.41. The summed E-state index contributed by atoms with van der Waals surface area (Å²) in [7, 11) is 0. The molecule has 2 amide bonds. The highest BCUT2D eigenvalue weighted by molar-refractivity contribution is 6.30. The van der Waals surface area contributed by atoms with Crippen molar-refractivity contribution in [2.75, 3.05) is 25.0 Å². The van der Waals surface area contributed by atoms with Gasteiger partial charge in [0.1, 0.15) is 5.54 Å².